The van der Waals surface area contributed by atoms with Gasteiger partial charge in [0.05, 0.1) is 12.6 Å². The Bertz CT molecular complexity index is 1010. The largest absolute Gasteiger partial charge is 0.497 e. The number of carbonyl (C=O) groups is 2. The van der Waals surface area contributed by atoms with Crippen LogP contribution in [0.5, 0.6) is 5.75 Å². The van der Waals surface area contributed by atoms with Crippen LogP contribution in [0.1, 0.15) is 35.8 Å². The van der Waals surface area contributed by atoms with Crippen molar-refractivity contribution in [1.82, 2.24) is 9.55 Å². The molecule has 2 aromatic heterocycles. The monoisotopic (exact) mass is 383 g/mol. The van der Waals surface area contributed by atoms with Gasteiger partial charge in [-0.25, -0.2) is 4.98 Å². The summed E-state index contributed by atoms with van der Waals surface area (Å²) in [6, 6.07) is 5.70. The number of carbonyl (C=O) groups excluding carboxylic acids is 2. The number of hydrogen-bond acceptors (Lipinski definition) is 5. The fourth-order valence-corrected chi connectivity index (χ4v) is 4.51. The molecule has 0 spiro atoms. The number of hydrogen-bond donors (Lipinski definition) is 0. The van der Waals surface area contributed by atoms with Crippen LogP contribution in [0.25, 0.3) is 10.9 Å². The van der Waals surface area contributed by atoms with Gasteiger partial charge < -0.3 is 9.30 Å². The molecule has 1 aliphatic carbocycles. The first-order valence-corrected chi connectivity index (χ1v) is 9.94. The topological polar surface area (TPSA) is 64.4 Å². The SMILES string of the molecule is CCN(C(=O)Cn1c2c(c3ccc(OC)cc31)C(=O)CCC2)c1nccs1. The third-order valence-electron chi connectivity index (χ3n) is 5.04. The molecule has 0 N–H and O–H groups in total. The highest BCUT2D eigenvalue weighted by Crippen LogP contribution is 2.34. The van der Waals surface area contributed by atoms with Gasteiger partial charge in [0, 0.05) is 47.3 Å². The summed E-state index contributed by atoms with van der Waals surface area (Å²) in [5.41, 5.74) is 2.60. The smallest absolute Gasteiger partial charge is 0.248 e. The number of nitrogens with zero attached hydrogens (tertiary/aromatic N) is 3. The zero-order valence-corrected chi connectivity index (χ0v) is 16.2. The Morgan fingerprint density at radius 2 is 2.22 bits per heavy atom. The van der Waals surface area contributed by atoms with Gasteiger partial charge in [-0.3, -0.25) is 14.5 Å². The second-order valence-electron chi connectivity index (χ2n) is 6.52. The molecule has 0 radical (unpaired) electrons. The number of thiazole rings is 1. The predicted octanol–water partition coefficient (Wildman–Crippen LogP) is 3.68. The molecule has 0 atom stereocenters. The number of anilines is 1. The summed E-state index contributed by atoms with van der Waals surface area (Å²) in [6.07, 6.45) is 3.88. The van der Waals surface area contributed by atoms with Crippen LogP contribution in [0.2, 0.25) is 0 Å². The minimum atomic E-state index is -0.0343. The van der Waals surface area contributed by atoms with E-state index in [1.165, 1.54) is 11.3 Å². The van der Waals surface area contributed by atoms with Crippen molar-refractivity contribution in [3.63, 3.8) is 0 Å². The summed E-state index contributed by atoms with van der Waals surface area (Å²) in [5, 5.41) is 3.46. The molecule has 0 aliphatic heterocycles. The lowest BCUT2D eigenvalue weighted by atomic mass is 9.94. The maximum Gasteiger partial charge on any atom is 0.248 e. The summed E-state index contributed by atoms with van der Waals surface area (Å²) in [5.74, 6) is 0.837. The fourth-order valence-electron chi connectivity index (χ4n) is 3.79. The molecule has 0 saturated heterocycles. The summed E-state index contributed by atoms with van der Waals surface area (Å²) in [7, 11) is 1.62. The van der Waals surface area contributed by atoms with Gasteiger partial charge in [-0.2, -0.15) is 0 Å². The fraction of sp³-hybridized carbons (Fsp3) is 0.350. The number of amides is 1. The predicted molar refractivity (Wildman–Crippen MR) is 106 cm³/mol. The summed E-state index contributed by atoms with van der Waals surface area (Å²) in [4.78, 5) is 31.6. The van der Waals surface area contributed by atoms with Crippen molar-refractivity contribution in [2.24, 2.45) is 0 Å². The van der Waals surface area contributed by atoms with Crippen LogP contribution in [0.4, 0.5) is 5.13 Å². The Hall–Kier alpha value is -2.67. The van der Waals surface area contributed by atoms with Crippen LogP contribution in [0.3, 0.4) is 0 Å². The van der Waals surface area contributed by atoms with Crippen molar-refractivity contribution in [2.45, 2.75) is 32.7 Å². The summed E-state index contributed by atoms with van der Waals surface area (Å²) in [6.45, 7) is 2.67. The van der Waals surface area contributed by atoms with E-state index in [1.807, 2.05) is 35.1 Å². The summed E-state index contributed by atoms with van der Waals surface area (Å²) < 4.78 is 7.36. The van der Waals surface area contributed by atoms with Gasteiger partial charge in [0.15, 0.2) is 10.9 Å². The molecule has 0 bridgehead atoms. The van der Waals surface area contributed by atoms with Crippen molar-refractivity contribution in [2.75, 3.05) is 18.6 Å². The average Bonchev–Trinajstić information content (AvgIpc) is 3.30. The van der Waals surface area contributed by atoms with Gasteiger partial charge in [-0.15, -0.1) is 11.3 Å². The van der Waals surface area contributed by atoms with Crippen LogP contribution in [-0.4, -0.2) is 34.9 Å². The molecule has 6 nitrogen and oxygen atoms in total. The van der Waals surface area contributed by atoms with E-state index in [9.17, 15) is 9.59 Å². The number of benzene rings is 1. The second kappa shape index (κ2) is 7.15. The quantitative estimate of drug-likeness (QED) is 0.674. The van der Waals surface area contributed by atoms with Crippen molar-refractivity contribution >= 4 is 39.1 Å². The number of methoxy groups -OCH3 is 1. The first-order chi connectivity index (χ1) is 13.1. The highest BCUT2D eigenvalue weighted by atomic mass is 32.1. The molecule has 1 aromatic carbocycles. The van der Waals surface area contributed by atoms with Crippen molar-refractivity contribution in [3.05, 3.63) is 41.0 Å². The van der Waals surface area contributed by atoms with Crippen LogP contribution in [-0.2, 0) is 17.8 Å². The van der Waals surface area contributed by atoms with E-state index in [1.54, 1.807) is 18.2 Å². The minimum Gasteiger partial charge on any atom is -0.497 e. The van der Waals surface area contributed by atoms with E-state index in [0.29, 0.717) is 23.8 Å². The number of fused-ring (bicyclic) bond motifs is 3. The lowest BCUT2D eigenvalue weighted by Crippen LogP contribution is -2.34. The van der Waals surface area contributed by atoms with Crippen molar-refractivity contribution in [1.29, 1.82) is 0 Å². The third kappa shape index (κ3) is 3.02. The molecule has 2 heterocycles. The van der Waals surface area contributed by atoms with Crippen LogP contribution < -0.4 is 9.64 Å². The van der Waals surface area contributed by atoms with E-state index in [4.69, 9.17) is 4.74 Å². The molecule has 3 aromatic rings. The van der Waals surface area contributed by atoms with E-state index < -0.39 is 0 Å². The zero-order chi connectivity index (χ0) is 19.0. The minimum absolute atomic E-state index is 0.0343. The number of aromatic nitrogens is 2. The lowest BCUT2D eigenvalue weighted by molar-refractivity contribution is -0.119. The number of ether oxygens (including phenoxy) is 1. The normalized spacial score (nSPS) is 13.6. The maximum absolute atomic E-state index is 13.1. The van der Waals surface area contributed by atoms with Gasteiger partial charge in [-0.1, -0.05) is 0 Å². The van der Waals surface area contributed by atoms with Gasteiger partial charge in [0.25, 0.3) is 0 Å². The molecular weight excluding hydrogens is 362 g/mol. The Morgan fingerprint density at radius 1 is 1.37 bits per heavy atom. The molecule has 27 heavy (non-hydrogen) atoms. The molecule has 1 aliphatic rings. The van der Waals surface area contributed by atoms with E-state index >= 15 is 0 Å². The highest BCUT2D eigenvalue weighted by molar-refractivity contribution is 7.13. The van der Waals surface area contributed by atoms with Gasteiger partial charge in [-0.05, 0) is 31.9 Å². The van der Waals surface area contributed by atoms with Crippen LogP contribution in [0, 0.1) is 0 Å². The average molecular weight is 383 g/mol. The molecule has 1 amide bonds. The zero-order valence-electron chi connectivity index (χ0n) is 15.4. The second-order valence-corrected chi connectivity index (χ2v) is 7.39. The Kier molecular flexibility index (Phi) is 4.70. The Balaban J connectivity index is 1.80. The standard InChI is InChI=1S/C20H21N3O3S/c1-3-22(20-21-9-10-27-20)18(25)12-23-15-5-4-6-17(24)19(15)14-8-7-13(26-2)11-16(14)23/h7-11H,3-6,12H2,1-2H3. The van der Waals surface area contributed by atoms with E-state index in [0.717, 1.165) is 35.0 Å². The molecule has 0 unspecified atom stereocenters. The van der Waals surface area contributed by atoms with Gasteiger partial charge in [0.2, 0.25) is 5.91 Å². The maximum atomic E-state index is 13.1. The van der Waals surface area contributed by atoms with Gasteiger partial charge >= 0.3 is 0 Å². The number of likely N-dealkylation sites (N-methyl/N-ethyl adjacent to an activating group) is 1. The first kappa shape index (κ1) is 17.7. The molecule has 140 valence electrons. The summed E-state index contributed by atoms with van der Waals surface area (Å²) >= 11 is 1.45. The van der Waals surface area contributed by atoms with Gasteiger partial charge in [0.1, 0.15) is 12.3 Å². The molecule has 0 fully saturated rings. The van der Waals surface area contributed by atoms with Crippen LogP contribution in [0.15, 0.2) is 29.8 Å². The van der Waals surface area contributed by atoms with Crippen LogP contribution >= 0.6 is 11.3 Å². The number of Topliss-reactive ketones (excluding diaryl/α,β-unsaturated/α-hetero) is 1. The number of ketones is 1. The number of rotatable bonds is 5. The first-order valence-electron chi connectivity index (χ1n) is 9.06. The Morgan fingerprint density at radius 3 is 2.93 bits per heavy atom. The van der Waals surface area contributed by atoms with E-state index in [-0.39, 0.29) is 18.2 Å². The van der Waals surface area contributed by atoms with Crippen molar-refractivity contribution < 1.29 is 14.3 Å². The molecule has 0 saturated carbocycles. The highest BCUT2D eigenvalue weighted by Gasteiger charge is 2.28. The van der Waals surface area contributed by atoms with Crippen molar-refractivity contribution in [3.8, 4) is 5.75 Å². The Labute approximate surface area is 161 Å². The molecular formula is C20H21N3O3S. The lowest BCUT2D eigenvalue weighted by Gasteiger charge is -2.20. The third-order valence-corrected chi connectivity index (χ3v) is 5.83. The van der Waals surface area contributed by atoms with E-state index in [2.05, 4.69) is 4.98 Å². The molecule has 4 rings (SSSR count). The molecule has 7 heteroatoms.